The first kappa shape index (κ1) is 25.5. The van der Waals surface area contributed by atoms with E-state index in [0.29, 0.717) is 12.2 Å². The fourth-order valence-corrected chi connectivity index (χ4v) is 4.48. The van der Waals surface area contributed by atoms with Gasteiger partial charge in [0.2, 0.25) is 0 Å². The van der Waals surface area contributed by atoms with E-state index >= 15 is 0 Å². The highest BCUT2D eigenvalue weighted by Gasteiger charge is 2.07. The summed E-state index contributed by atoms with van der Waals surface area (Å²) >= 11 is 1.94. The van der Waals surface area contributed by atoms with Gasteiger partial charge in [0.25, 0.3) is 0 Å². The van der Waals surface area contributed by atoms with Gasteiger partial charge in [0.05, 0.1) is 12.2 Å². The average Bonchev–Trinajstić information content (AvgIpc) is 2.81. The number of ether oxygens (including phenoxy) is 1. The number of carbonyl (C=O) groups is 1. The maximum atomic E-state index is 12.2. The van der Waals surface area contributed by atoms with Crippen LogP contribution in [-0.4, -0.2) is 18.3 Å². The van der Waals surface area contributed by atoms with Gasteiger partial charge >= 0.3 is 5.97 Å². The molecule has 0 saturated heterocycles. The summed E-state index contributed by atoms with van der Waals surface area (Å²) in [5, 5.41) is 0. The van der Waals surface area contributed by atoms with E-state index in [0.717, 1.165) is 18.4 Å². The second-order valence-corrected chi connectivity index (χ2v) is 9.44. The number of thioether (sulfide) groups is 1. The first-order valence-corrected chi connectivity index (χ1v) is 13.2. The van der Waals surface area contributed by atoms with Crippen molar-refractivity contribution in [2.45, 2.75) is 89.4 Å². The molecule has 0 heterocycles. The Morgan fingerprint density at radius 1 is 0.677 bits per heavy atom. The van der Waals surface area contributed by atoms with Crippen LogP contribution >= 0.6 is 11.8 Å². The fourth-order valence-electron chi connectivity index (χ4n) is 3.57. The van der Waals surface area contributed by atoms with E-state index in [2.05, 4.69) is 38.1 Å². The molecule has 0 radical (unpaired) electrons. The van der Waals surface area contributed by atoms with E-state index in [1.54, 1.807) is 0 Å². The van der Waals surface area contributed by atoms with Crippen LogP contribution in [0.1, 0.15) is 94.8 Å². The maximum absolute atomic E-state index is 12.2. The van der Waals surface area contributed by atoms with Crippen LogP contribution < -0.4 is 0 Å². The molecule has 170 valence electrons. The van der Waals surface area contributed by atoms with Crippen molar-refractivity contribution in [1.29, 1.82) is 0 Å². The molecule has 2 aromatic rings. The Hall–Kier alpha value is -1.74. The predicted octanol–water partition coefficient (Wildman–Crippen LogP) is 8.93. The van der Waals surface area contributed by atoms with Gasteiger partial charge < -0.3 is 4.74 Å². The van der Waals surface area contributed by atoms with Crippen LogP contribution in [0.3, 0.4) is 0 Å². The summed E-state index contributed by atoms with van der Waals surface area (Å²) in [6, 6.07) is 16.5. The molecule has 2 aromatic carbocycles. The summed E-state index contributed by atoms with van der Waals surface area (Å²) in [6.07, 6.45) is 13.8. The lowest BCUT2D eigenvalue weighted by molar-refractivity contribution is 0.0497. The molecule has 31 heavy (non-hydrogen) atoms. The minimum atomic E-state index is -0.217. The SMILES string of the molecule is CCCCCCCCOC(=O)c1ccc(-c2ccc(SCCCCCCC)cc2)cc1. The van der Waals surface area contributed by atoms with Crippen LogP contribution in [-0.2, 0) is 4.74 Å². The number of hydrogen-bond acceptors (Lipinski definition) is 3. The van der Waals surface area contributed by atoms with Crippen molar-refractivity contribution >= 4 is 17.7 Å². The van der Waals surface area contributed by atoms with E-state index in [9.17, 15) is 4.79 Å². The highest BCUT2D eigenvalue weighted by molar-refractivity contribution is 7.99. The Kier molecular flexibility index (Phi) is 13.1. The zero-order chi connectivity index (χ0) is 22.2. The van der Waals surface area contributed by atoms with Crippen LogP contribution in [0.5, 0.6) is 0 Å². The zero-order valence-corrected chi connectivity index (χ0v) is 20.4. The van der Waals surface area contributed by atoms with Gasteiger partial charge in [0, 0.05) is 4.90 Å². The molecule has 0 aromatic heterocycles. The summed E-state index contributed by atoms with van der Waals surface area (Å²) in [4.78, 5) is 13.6. The van der Waals surface area contributed by atoms with Crippen molar-refractivity contribution in [2.24, 2.45) is 0 Å². The van der Waals surface area contributed by atoms with Crippen molar-refractivity contribution in [3.05, 3.63) is 54.1 Å². The van der Waals surface area contributed by atoms with E-state index in [4.69, 9.17) is 4.74 Å². The van der Waals surface area contributed by atoms with Gasteiger partial charge in [-0.25, -0.2) is 4.79 Å². The second kappa shape index (κ2) is 16.0. The fraction of sp³-hybridized carbons (Fsp3) is 0.536. The van der Waals surface area contributed by atoms with Crippen molar-refractivity contribution < 1.29 is 9.53 Å². The molecule has 0 aliphatic heterocycles. The van der Waals surface area contributed by atoms with Gasteiger partial charge in [0.1, 0.15) is 0 Å². The van der Waals surface area contributed by atoms with E-state index in [1.165, 1.54) is 74.0 Å². The Balaban J connectivity index is 1.72. The molecule has 3 heteroatoms. The van der Waals surface area contributed by atoms with Crippen LogP contribution in [0.25, 0.3) is 11.1 Å². The van der Waals surface area contributed by atoms with Crippen molar-refractivity contribution in [3.8, 4) is 11.1 Å². The van der Waals surface area contributed by atoms with Gasteiger partial charge in [-0.05, 0) is 54.0 Å². The maximum Gasteiger partial charge on any atom is 0.338 e. The molecule has 0 saturated carbocycles. The molecule has 0 unspecified atom stereocenters. The Labute approximate surface area is 194 Å². The van der Waals surface area contributed by atoms with Gasteiger partial charge in [-0.3, -0.25) is 0 Å². The molecule has 0 bridgehead atoms. The van der Waals surface area contributed by atoms with Gasteiger partial charge in [-0.15, -0.1) is 11.8 Å². The summed E-state index contributed by atoms with van der Waals surface area (Å²) in [5.74, 6) is 0.976. The third-order valence-electron chi connectivity index (χ3n) is 5.56. The highest BCUT2D eigenvalue weighted by atomic mass is 32.2. The van der Waals surface area contributed by atoms with Gasteiger partial charge in [-0.1, -0.05) is 95.9 Å². The van der Waals surface area contributed by atoms with Gasteiger partial charge in [0.15, 0.2) is 0 Å². The average molecular weight is 441 g/mol. The van der Waals surface area contributed by atoms with Crippen LogP contribution in [0, 0.1) is 0 Å². The second-order valence-electron chi connectivity index (χ2n) is 8.27. The van der Waals surface area contributed by atoms with E-state index < -0.39 is 0 Å². The Morgan fingerprint density at radius 2 is 1.19 bits per heavy atom. The van der Waals surface area contributed by atoms with E-state index in [-0.39, 0.29) is 5.97 Å². The lowest BCUT2D eigenvalue weighted by atomic mass is 10.0. The third-order valence-corrected chi connectivity index (χ3v) is 6.65. The monoisotopic (exact) mass is 440 g/mol. The molecule has 0 spiro atoms. The third kappa shape index (κ3) is 10.4. The van der Waals surface area contributed by atoms with Crippen molar-refractivity contribution in [3.63, 3.8) is 0 Å². The normalized spacial score (nSPS) is 10.9. The Morgan fingerprint density at radius 3 is 1.81 bits per heavy atom. The largest absolute Gasteiger partial charge is 0.462 e. The topological polar surface area (TPSA) is 26.3 Å². The summed E-state index contributed by atoms with van der Waals surface area (Å²) in [7, 11) is 0. The lowest BCUT2D eigenvalue weighted by Gasteiger charge is -2.07. The molecule has 2 nitrogen and oxygen atoms in total. The summed E-state index contributed by atoms with van der Waals surface area (Å²) < 4.78 is 5.42. The van der Waals surface area contributed by atoms with Crippen LogP contribution in [0.15, 0.2) is 53.4 Å². The molecule has 0 amide bonds. The molecular formula is C28H40O2S. The first-order chi connectivity index (χ1) is 15.2. The smallest absolute Gasteiger partial charge is 0.338 e. The standard InChI is InChI=1S/C28H40O2S/c1-3-5-7-9-10-12-22-30-28(29)26-16-14-24(15-17-26)25-18-20-27(21-19-25)31-23-13-11-8-6-4-2/h14-21H,3-13,22-23H2,1-2H3. The number of hydrogen-bond donors (Lipinski definition) is 0. The first-order valence-electron chi connectivity index (χ1n) is 12.2. The molecule has 0 fully saturated rings. The number of carbonyl (C=O) groups excluding carboxylic acids is 1. The molecule has 0 atom stereocenters. The molecular weight excluding hydrogens is 400 g/mol. The number of rotatable bonds is 16. The number of benzene rings is 2. The van der Waals surface area contributed by atoms with Crippen LogP contribution in [0.4, 0.5) is 0 Å². The summed E-state index contributed by atoms with van der Waals surface area (Å²) in [5.41, 5.74) is 2.94. The Bertz CT molecular complexity index is 722. The van der Waals surface area contributed by atoms with E-state index in [1.807, 2.05) is 36.0 Å². The summed E-state index contributed by atoms with van der Waals surface area (Å²) in [6.45, 7) is 5.00. The minimum absolute atomic E-state index is 0.217. The van der Waals surface area contributed by atoms with Gasteiger partial charge in [-0.2, -0.15) is 0 Å². The molecule has 0 aliphatic carbocycles. The quantitative estimate of drug-likeness (QED) is 0.148. The minimum Gasteiger partial charge on any atom is -0.462 e. The lowest BCUT2D eigenvalue weighted by Crippen LogP contribution is -2.06. The highest BCUT2D eigenvalue weighted by Crippen LogP contribution is 2.25. The van der Waals surface area contributed by atoms with Crippen molar-refractivity contribution in [2.75, 3.05) is 12.4 Å². The molecule has 0 aliphatic rings. The van der Waals surface area contributed by atoms with Crippen molar-refractivity contribution in [1.82, 2.24) is 0 Å². The zero-order valence-electron chi connectivity index (χ0n) is 19.5. The molecule has 0 N–H and O–H groups in total. The predicted molar refractivity (Wildman–Crippen MR) is 135 cm³/mol. The van der Waals surface area contributed by atoms with Crippen LogP contribution in [0.2, 0.25) is 0 Å². The molecule has 2 rings (SSSR count). The number of unbranched alkanes of at least 4 members (excludes halogenated alkanes) is 9. The number of esters is 1.